The van der Waals surface area contributed by atoms with E-state index in [2.05, 4.69) is 46.6 Å². The Bertz CT molecular complexity index is 417. The number of carbonyl (C=O) groups excluding carboxylic acids is 1. The van der Waals surface area contributed by atoms with E-state index in [0.717, 1.165) is 11.4 Å². The number of primary amides is 1. The van der Waals surface area contributed by atoms with E-state index >= 15 is 0 Å². The van der Waals surface area contributed by atoms with Crippen molar-refractivity contribution >= 4 is 6.03 Å². The Morgan fingerprint density at radius 2 is 1.59 bits per heavy atom. The number of amides is 1. The number of nitrogens with zero attached hydrogens (tertiary/aromatic N) is 2. The number of nitrogens with two attached hydrogens (primary N) is 1. The number of aromatic nitrogens is 2. The number of rotatable bonds is 3. The molecule has 0 bridgehead atoms. The van der Waals surface area contributed by atoms with Crippen LogP contribution in [-0.2, 0) is 0 Å². The molecule has 0 spiro atoms. The largest absolute Gasteiger partial charge is 0.350 e. The maximum atomic E-state index is 11.5. The lowest BCUT2D eigenvalue weighted by Crippen LogP contribution is -2.24. The van der Waals surface area contributed by atoms with Crippen LogP contribution < -0.4 is 5.73 Å². The first kappa shape index (κ1) is 13.7. The Kier molecular flexibility index (Phi) is 3.96. The quantitative estimate of drug-likeness (QED) is 0.877. The van der Waals surface area contributed by atoms with Crippen molar-refractivity contribution in [3.05, 3.63) is 17.0 Å². The van der Waals surface area contributed by atoms with Crippen LogP contribution in [0.15, 0.2) is 0 Å². The van der Waals surface area contributed by atoms with Gasteiger partial charge in [-0.2, -0.15) is 9.78 Å². The van der Waals surface area contributed by atoms with Gasteiger partial charge in [0.05, 0.1) is 11.4 Å². The van der Waals surface area contributed by atoms with Crippen molar-refractivity contribution in [1.29, 1.82) is 0 Å². The lowest BCUT2D eigenvalue weighted by atomic mass is 9.91. The van der Waals surface area contributed by atoms with Crippen LogP contribution in [0.2, 0.25) is 0 Å². The van der Waals surface area contributed by atoms with Crippen LogP contribution >= 0.6 is 0 Å². The van der Waals surface area contributed by atoms with Crippen molar-refractivity contribution in [2.45, 2.75) is 59.3 Å². The molecule has 0 aliphatic carbocycles. The van der Waals surface area contributed by atoms with E-state index < -0.39 is 6.03 Å². The summed E-state index contributed by atoms with van der Waals surface area (Å²) in [7, 11) is 0. The van der Waals surface area contributed by atoms with Crippen LogP contribution in [0.25, 0.3) is 0 Å². The smallest absolute Gasteiger partial charge is 0.339 e. The van der Waals surface area contributed by atoms with E-state index in [1.807, 2.05) is 0 Å². The maximum absolute atomic E-state index is 11.5. The zero-order valence-corrected chi connectivity index (χ0v) is 11.6. The highest BCUT2D eigenvalue weighted by atomic mass is 16.2. The summed E-state index contributed by atoms with van der Waals surface area (Å²) in [4.78, 5) is 11.5. The maximum Gasteiger partial charge on any atom is 0.339 e. The summed E-state index contributed by atoms with van der Waals surface area (Å²) in [6, 6.07) is -0.498. The molecule has 0 atom stereocenters. The Hall–Kier alpha value is -1.32. The second-order valence-electron chi connectivity index (χ2n) is 5.40. The van der Waals surface area contributed by atoms with Gasteiger partial charge in [0.25, 0.3) is 0 Å². The van der Waals surface area contributed by atoms with E-state index in [1.165, 1.54) is 10.2 Å². The molecular weight excluding hydrogens is 214 g/mol. The van der Waals surface area contributed by atoms with Crippen molar-refractivity contribution in [2.24, 2.45) is 5.73 Å². The summed E-state index contributed by atoms with van der Waals surface area (Å²) in [6.07, 6.45) is 0. The van der Waals surface area contributed by atoms with Crippen LogP contribution in [0.4, 0.5) is 4.79 Å². The molecule has 0 unspecified atom stereocenters. The van der Waals surface area contributed by atoms with Gasteiger partial charge in [0.2, 0.25) is 0 Å². The minimum atomic E-state index is -0.498. The summed E-state index contributed by atoms with van der Waals surface area (Å²) in [5.41, 5.74) is 8.51. The van der Waals surface area contributed by atoms with E-state index in [4.69, 9.17) is 5.73 Å². The average molecular weight is 237 g/mol. The first-order chi connectivity index (χ1) is 7.77. The number of hydrogen-bond acceptors (Lipinski definition) is 2. The third-order valence-corrected chi connectivity index (χ3v) is 2.87. The molecule has 17 heavy (non-hydrogen) atoms. The monoisotopic (exact) mass is 237 g/mol. The van der Waals surface area contributed by atoms with Gasteiger partial charge in [0, 0.05) is 5.56 Å². The van der Waals surface area contributed by atoms with Crippen LogP contribution in [0, 0.1) is 0 Å². The zero-order valence-electron chi connectivity index (χ0n) is 11.6. The van der Waals surface area contributed by atoms with E-state index in [-0.39, 0.29) is 5.92 Å². The van der Waals surface area contributed by atoms with Crippen molar-refractivity contribution in [1.82, 2.24) is 9.78 Å². The van der Waals surface area contributed by atoms with Crippen LogP contribution in [-0.4, -0.2) is 15.8 Å². The van der Waals surface area contributed by atoms with Gasteiger partial charge < -0.3 is 5.73 Å². The van der Waals surface area contributed by atoms with Gasteiger partial charge in [-0.3, -0.25) is 0 Å². The predicted molar refractivity (Wildman–Crippen MR) is 69.5 cm³/mol. The second-order valence-corrected chi connectivity index (χ2v) is 5.40. The van der Waals surface area contributed by atoms with Gasteiger partial charge in [-0.05, 0) is 17.8 Å². The first-order valence-electron chi connectivity index (χ1n) is 6.19. The molecule has 0 saturated heterocycles. The minimum absolute atomic E-state index is 0.236. The van der Waals surface area contributed by atoms with E-state index in [9.17, 15) is 4.79 Å². The lowest BCUT2D eigenvalue weighted by Gasteiger charge is -2.14. The van der Waals surface area contributed by atoms with Gasteiger partial charge in [0.15, 0.2) is 0 Å². The topological polar surface area (TPSA) is 60.9 Å². The predicted octanol–water partition coefficient (Wildman–Crippen LogP) is 3.18. The Morgan fingerprint density at radius 1 is 1.06 bits per heavy atom. The van der Waals surface area contributed by atoms with Crippen LogP contribution in [0.5, 0.6) is 0 Å². The standard InChI is InChI=1S/C13H23N3O/c1-7(2)10-11(8(3)4)15-16(13(14)17)12(10)9(5)6/h7-9H,1-6H3,(H2,14,17). The molecular formula is C13H23N3O. The average Bonchev–Trinajstić information content (AvgIpc) is 2.56. The summed E-state index contributed by atoms with van der Waals surface area (Å²) < 4.78 is 1.37. The SMILES string of the molecule is CC(C)c1nn(C(N)=O)c(C(C)C)c1C(C)C. The molecule has 1 rings (SSSR count). The molecule has 96 valence electrons. The number of carbonyl (C=O) groups is 1. The Balaban J connectivity index is 3.55. The summed E-state index contributed by atoms with van der Waals surface area (Å²) in [5.74, 6) is 0.878. The van der Waals surface area contributed by atoms with Crippen molar-refractivity contribution < 1.29 is 4.79 Å². The highest BCUT2D eigenvalue weighted by Crippen LogP contribution is 2.32. The van der Waals surface area contributed by atoms with Crippen LogP contribution in [0.3, 0.4) is 0 Å². The molecule has 0 saturated carbocycles. The number of hydrogen-bond donors (Lipinski definition) is 1. The molecule has 0 aliphatic heterocycles. The Morgan fingerprint density at radius 3 is 1.88 bits per heavy atom. The lowest BCUT2D eigenvalue weighted by molar-refractivity contribution is 0.246. The summed E-state index contributed by atoms with van der Waals surface area (Å²) in [6.45, 7) is 12.5. The highest BCUT2D eigenvalue weighted by molar-refractivity contribution is 5.75. The molecule has 2 N–H and O–H groups in total. The first-order valence-corrected chi connectivity index (χ1v) is 6.19. The van der Waals surface area contributed by atoms with Gasteiger partial charge in [-0.25, -0.2) is 4.79 Å². The van der Waals surface area contributed by atoms with E-state index in [1.54, 1.807) is 0 Å². The third kappa shape index (κ3) is 2.51. The van der Waals surface area contributed by atoms with E-state index in [0.29, 0.717) is 11.8 Å². The highest BCUT2D eigenvalue weighted by Gasteiger charge is 2.25. The molecule has 0 radical (unpaired) electrons. The molecule has 4 nitrogen and oxygen atoms in total. The molecule has 1 heterocycles. The molecule has 4 heteroatoms. The van der Waals surface area contributed by atoms with Crippen LogP contribution in [0.1, 0.15) is 76.2 Å². The van der Waals surface area contributed by atoms with Gasteiger partial charge in [-0.1, -0.05) is 41.5 Å². The molecule has 1 aromatic rings. The minimum Gasteiger partial charge on any atom is -0.350 e. The van der Waals surface area contributed by atoms with Crippen molar-refractivity contribution in [3.8, 4) is 0 Å². The fourth-order valence-electron chi connectivity index (χ4n) is 2.20. The normalized spacial score (nSPS) is 11.8. The van der Waals surface area contributed by atoms with Gasteiger partial charge in [-0.15, -0.1) is 0 Å². The molecule has 0 aromatic carbocycles. The summed E-state index contributed by atoms with van der Waals surface area (Å²) in [5, 5.41) is 4.39. The fraction of sp³-hybridized carbons (Fsp3) is 0.692. The second kappa shape index (κ2) is 4.90. The Labute approximate surface area is 103 Å². The molecule has 1 amide bonds. The van der Waals surface area contributed by atoms with Crippen molar-refractivity contribution in [3.63, 3.8) is 0 Å². The fourth-order valence-corrected chi connectivity index (χ4v) is 2.20. The van der Waals surface area contributed by atoms with Crippen molar-refractivity contribution in [2.75, 3.05) is 0 Å². The van der Waals surface area contributed by atoms with Gasteiger partial charge in [0.1, 0.15) is 0 Å². The third-order valence-electron chi connectivity index (χ3n) is 2.87. The molecule has 0 aliphatic rings. The van der Waals surface area contributed by atoms with Gasteiger partial charge >= 0.3 is 6.03 Å². The summed E-state index contributed by atoms with van der Waals surface area (Å²) >= 11 is 0. The molecule has 1 aromatic heterocycles. The zero-order chi connectivity index (χ0) is 13.3. The molecule has 0 fully saturated rings.